The summed E-state index contributed by atoms with van der Waals surface area (Å²) in [6.07, 6.45) is 8.78. The standard InChI is InChI=1S/C21H17F2N7O/c1-12-15(8-26-29-12)17-9-25-20-19(28-17)16(7-24-20)14-6-27-30(11-14)10-13-4-2-3-5-18(13)31-21(22)23/h2-9,11,21H,10H2,1H3,(H,24,25)(H,26,29). The fourth-order valence-corrected chi connectivity index (χ4v) is 3.46. The summed E-state index contributed by atoms with van der Waals surface area (Å²) in [5.74, 6) is 0.132. The number of benzene rings is 1. The van der Waals surface area contributed by atoms with Gasteiger partial charge in [0.05, 0.1) is 30.8 Å². The number of halogens is 2. The highest BCUT2D eigenvalue weighted by Crippen LogP contribution is 2.29. The van der Waals surface area contributed by atoms with Gasteiger partial charge in [-0.3, -0.25) is 9.78 Å². The Hall–Kier alpha value is -4.08. The average Bonchev–Trinajstić information content (AvgIpc) is 3.48. The molecule has 0 saturated heterocycles. The summed E-state index contributed by atoms with van der Waals surface area (Å²) >= 11 is 0. The summed E-state index contributed by atoms with van der Waals surface area (Å²) < 4.78 is 31.6. The molecule has 0 radical (unpaired) electrons. The van der Waals surface area contributed by atoms with Crippen molar-refractivity contribution < 1.29 is 13.5 Å². The molecule has 31 heavy (non-hydrogen) atoms. The van der Waals surface area contributed by atoms with Crippen LogP contribution in [0.25, 0.3) is 33.5 Å². The predicted molar refractivity (Wildman–Crippen MR) is 110 cm³/mol. The average molecular weight is 421 g/mol. The predicted octanol–water partition coefficient (Wildman–Crippen LogP) is 4.17. The minimum Gasteiger partial charge on any atom is -0.434 e. The van der Waals surface area contributed by atoms with Gasteiger partial charge in [0.1, 0.15) is 11.3 Å². The minimum absolute atomic E-state index is 0.132. The topological polar surface area (TPSA) is 97.3 Å². The van der Waals surface area contributed by atoms with Crippen LogP contribution in [-0.4, -0.2) is 41.5 Å². The molecular weight excluding hydrogens is 404 g/mol. The van der Waals surface area contributed by atoms with E-state index in [2.05, 4.69) is 30.0 Å². The maximum absolute atomic E-state index is 12.7. The Morgan fingerprint density at radius 3 is 2.81 bits per heavy atom. The van der Waals surface area contributed by atoms with E-state index in [-0.39, 0.29) is 12.3 Å². The molecule has 4 heterocycles. The van der Waals surface area contributed by atoms with Crippen LogP contribution in [0.2, 0.25) is 0 Å². The molecule has 0 aliphatic heterocycles. The van der Waals surface area contributed by atoms with Gasteiger partial charge in [-0.15, -0.1) is 0 Å². The molecule has 1 aromatic carbocycles. The van der Waals surface area contributed by atoms with Crippen molar-refractivity contribution >= 4 is 11.2 Å². The third kappa shape index (κ3) is 3.63. The molecule has 5 aromatic rings. The second kappa shape index (κ2) is 7.63. The Morgan fingerprint density at radius 1 is 1.13 bits per heavy atom. The quantitative estimate of drug-likeness (QED) is 0.429. The molecule has 0 aliphatic carbocycles. The van der Waals surface area contributed by atoms with E-state index in [1.165, 1.54) is 6.07 Å². The van der Waals surface area contributed by atoms with Crippen molar-refractivity contribution in [2.75, 3.05) is 0 Å². The van der Waals surface area contributed by atoms with Crippen LogP contribution >= 0.6 is 0 Å². The molecule has 4 aromatic heterocycles. The van der Waals surface area contributed by atoms with E-state index in [1.807, 2.05) is 19.3 Å². The third-order valence-corrected chi connectivity index (χ3v) is 4.95. The van der Waals surface area contributed by atoms with E-state index in [4.69, 9.17) is 4.98 Å². The maximum atomic E-state index is 12.7. The molecule has 0 saturated carbocycles. The Balaban J connectivity index is 1.47. The number of ether oxygens (including phenoxy) is 1. The molecule has 0 spiro atoms. The van der Waals surface area contributed by atoms with Crippen molar-refractivity contribution in [1.29, 1.82) is 0 Å². The van der Waals surface area contributed by atoms with Crippen molar-refractivity contribution in [3.63, 3.8) is 0 Å². The van der Waals surface area contributed by atoms with Crippen molar-refractivity contribution in [2.24, 2.45) is 0 Å². The van der Waals surface area contributed by atoms with Crippen LogP contribution in [0.1, 0.15) is 11.3 Å². The van der Waals surface area contributed by atoms with Crippen LogP contribution in [-0.2, 0) is 6.54 Å². The van der Waals surface area contributed by atoms with Crippen LogP contribution < -0.4 is 4.74 Å². The Kier molecular flexibility index (Phi) is 4.66. The summed E-state index contributed by atoms with van der Waals surface area (Å²) in [5.41, 5.74) is 6.14. The fourth-order valence-electron chi connectivity index (χ4n) is 3.46. The highest BCUT2D eigenvalue weighted by molar-refractivity contribution is 5.91. The fraction of sp³-hybridized carbons (Fsp3) is 0.143. The zero-order chi connectivity index (χ0) is 21.4. The van der Waals surface area contributed by atoms with Crippen LogP contribution in [0.4, 0.5) is 8.78 Å². The van der Waals surface area contributed by atoms with E-state index in [9.17, 15) is 8.78 Å². The van der Waals surface area contributed by atoms with Gasteiger partial charge < -0.3 is 9.72 Å². The van der Waals surface area contributed by atoms with E-state index >= 15 is 0 Å². The van der Waals surface area contributed by atoms with Crippen LogP contribution in [0.15, 0.2) is 55.2 Å². The molecule has 0 aliphatic rings. The number of alkyl halides is 2. The van der Waals surface area contributed by atoms with Gasteiger partial charge in [0.25, 0.3) is 0 Å². The Labute approximate surface area is 174 Å². The van der Waals surface area contributed by atoms with Gasteiger partial charge >= 0.3 is 6.61 Å². The maximum Gasteiger partial charge on any atom is 0.387 e. The smallest absolute Gasteiger partial charge is 0.387 e. The lowest BCUT2D eigenvalue weighted by Gasteiger charge is -2.10. The van der Waals surface area contributed by atoms with Gasteiger partial charge in [-0.25, -0.2) is 9.97 Å². The lowest BCUT2D eigenvalue weighted by Crippen LogP contribution is -2.07. The number of aryl methyl sites for hydroxylation is 1. The van der Waals surface area contributed by atoms with E-state index in [1.54, 1.807) is 41.5 Å². The SMILES string of the molecule is Cc1[nH]ncc1-c1cnc2[nH]cc(-c3cnn(Cc4ccccc4OC(F)F)c3)c2n1. The summed E-state index contributed by atoms with van der Waals surface area (Å²) in [6, 6.07) is 6.67. The van der Waals surface area contributed by atoms with E-state index < -0.39 is 6.61 Å². The van der Waals surface area contributed by atoms with Gasteiger partial charge in [0, 0.05) is 40.3 Å². The molecule has 10 heteroatoms. The lowest BCUT2D eigenvalue weighted by atomic mass is 10.1. The molecule has 8 nitrogen and oxygen atoms in total. The van der Waals surface area contributed by atoms with Crippen molar-refractivity contribution in [2.45, 2.75) is 20.1 Å². The normalized spacial score (nSPS) is 11.5. The van der Waals surface area contributed by atoms with Gasteiger partial charge in [0.15, 0.2) is 5.65 Å². The molecule has 0 unspecified atom stereocenters. The first-order valence-electron chi connectivity index (χ1n) is 9.48. The number of hydrogen-bond acceptors (Lipinski definition) is 5. The molecule has 2 N–H and O–H groups in total. The summed E-state index contributed by atoms with van der Waals surface area (Å²) in [7, 11) is 0. The second-order valence-electron chi connectivity index (χ2n) is 6.98. The highest BCUT2D eigenvalue weighted by Gasteiger charge is 2.15. The van der Waals surface area contributed by atoms with E-state index in [0.29, 0.717) is 22.4 Å². The van der Waals surface area contributed by atoms with Crippen molar-refractivity contribution in [3.8, 4) is 28.1 Å². The first-order valence-corrected chi connectivity index (χ1v) is 9.48. The second-order valence-corrected chi connectivity index (χ2v) is 6.98. The molecule has 156 valence electrons. The van der Waals surface area contributed by atoms with Crippen molar-refractivity contribution in [1.82, 2.24) is 34.9 Å². The highest BCUT2D eigenvalue weighted by atomic mass is 19.3. The molecule has 5 rings (SSSR count). The summed E-state index contributed by atoms with van der Waals surface area (Å²) in [5, 5.41) is 11.3. The number of para-hydroxylation sites is 1. The monoisotopic (exact) mass is 421 g/mol. The number of nitrogens with zero attached hydrogens (tertiary/aromatic N) is 5. The number of aromatic amines is 2. The summed E-state index contributed by atoms with van der Waals surface area (Å²) in [4.78, 5) is 12.4. The molecular formula is C21H17F2N7O. The third-order valence-electron chi connectivity index (χ3n) is 4.95. The van der Waals surface area contributed by atoms with Gasteiger partial charge in [-0.2, -0.15) is 19.0 Å². The zero-order valence-electron chi connectivity index (χ0n) is 16.4. The molecule has 0 bridgehead atoms. The number of fused-ring (bicyclic) bond motifs is 1. The Morgan fingerprint density at radius 2 is 2.00 bits per heavy atom. The lowest BCUT2D eigenvalue weighted by molar-refractivity contribution is -0.0505. The Bertz CT molecular complexity index is 1350. The van der Waals surface area contributed by atoms with Crippen molar-refractivity contribution in [3.05, 3.63) is 66.5 Å². The molecule has 0 fully saturated rings. The van der Waals surface area contributed by atoms with Gasteiger partial charge in [-0.05, 0) is 13.0 Å². The summed E-state index contributed by atoms with van der Waals surface area (Å²) in [6.45, 7) is -0.672. The largest absolute Gasteiger partial charge is 0.434 e. The zero-order valence-corrected chi connectivity index (χ0v) is 16.4. The minimum atomic E-state index is -2.88. The first kappa shape index (κ1) is 18.9. The first-order chi connectivity index (χ1) is 15.1. The molecule has 0 amide bonds. The van der Waals surface area contributed by atoms with E-state index in [0.717, 1.165) is 22.4 Å². The van der Waals surface area contributed by atoms with Gasteiger partial charge in [-0.1, -0.05) is 18.2 Å². The van der Waals surface area contributed by atoms with Crippen LogP contribution in [0.3, 0.4) is 0 Å². The number of H-pyrrole nitrogens is 2. The molecule has 0 atom stereocenters. The number of hydrogen-bond donors (Lipinski definition) is 2. The number of nitrogens with one attached hydrogen (secondary N) is 2. The van der Waals surface area contributed by atoms with Crippen LogP contribution in [0, 0.1) is 6.92 Å². The number of rotatable bonds is 6. The number of aromatic nitrogens is 7. The van der Waals surface area contributed by atoms with Gasteiger partial charge in [0.2, 0.25) is 0 Å². The van der Waals surface area contributed by atoms with Crippen LogP contribution in [0.5, 0.6) is 5.75 Å².